The van der Waals surface area contributed by atoms with Crippen molar-refractivity contribution in [2.45, 2.75) is 25.4 Å². The summed E-state index contributed by atoms with van der Waals surface area (Å²) in [5.41, 5.74) is 5.32. The van der Waals surface area contributed by atoms with Gasteiger partial charge in [-0.15, -0.1) is 0 Å². The summed E-state index contributed by atoms with van der Waals surface area (Å²) in [5.74, 6) is -1.74. The van der Waals surface area contributed by atoms with Crippen LogP contribution in [0.3, 0.4) is 0 Å². The van der Waals surface area contributed by atoms with Crippen LogP contribution in [0.1, 0.15) is 13.3 Å². The lowest BCUT2D eigenvalue weighted by Gasteiger charge is -2.12. The molecule has 13 heavy (non-hydrogen) atoms. The standard InChI is InChI=1S/C7H14N2O4/c1-4(8)2-6(11)9-5(3-10)7(12)13/h4-5,10H,2-3,8H2,1H3,(H,9,11)(H,12,13). The topological polar surface area (TPSA) is 113 Å². The summed E-state index contributed by atoms with van der Waals surface area (Å²) in [6, 6.07) is -1.57. The zero-order chi connectivity index (χ0) is 10.4. The number of carbonyl (C=O) groups is 2. The second kappa shape index (κ2) is 5.50. The predicted octanol–water partition coefficient (Wildman–Crippen LogP) is -1.71. The molecule has 0 aliphatic heterocycles. The number of aliphatic hydroxyl groups is 1. The van der Waals surface area contributed by atoms with Gasteiger partial charge in [0.1, 0.15) is 6.04 Å². The Balaban J connectivity index is 3.94. The molecule has 6 nitrogen and oxygen atoms in total. The minimum Gasteiger partial charge on any atom is -0.480 e. The maximum atomic E-state index is 11.0. The molecule has 0 aliphatic carbocycles. The van der Waals surface area contributed by atoms with E-state index in [-0.39, 0.29) is 12.5 Å². The van der Waals surface area contributed by atoms with Gasteiger partial charge < -0.3 is 21.3 Å². The average molecular weight is 190 g/mol. The summed E-state index contributed by atoms with van der Waals surface area (Å²) in [6.45, 7) is 1.01. The Kier molecular flexibility index (Phi) is 5.01. The van der Waals surface area contributed by atoms with Crippen molar-refractivity contribution in [2.75, 3.05) is 6.61 Å². The lowest BCUT2D eigenvalue weighted by atomic mass is 10.2. The number of carboxylic acid groups (broad SMARTS) is 1. The number of nitrogens with two attached hydrogens (primary N) is 1. The number of hydrogen-bond acceptors (Lipinski definition) is 4. The molecule has 0 radical (unpaired) electrons. The smallest absolute Gasteiger partial charge is 0.328 e. The number of aliphatic hydroxyl groups excluding tert-OH is 1. The van der Waals surface area contributed by atoms with Crippen molar-refractivity contribution in [2.24, 2.45) is 5.73 Å². The zero-order valence-electron chi connectivity index (χ0n) is 7.36. The molecule has 0 aromatic rings. The molecule has 2 unspecified atom stereocenters. The summed E-state index contributed by atoms with van der Waals surface area (Å²) in [7, 11) is 0. The van der Waals surface area contributed by atoms with Crippen molar-refractivity contribution in [3.05, 3.63) is 0 Å². The van der Waals surface area contributed by atoms with E-state index in [9.17, 15) is 9.59 Å². The lowest BCUT2D eigenvalue weighted by Crippen LogP contribution is -2.44. The Morgan fingerprint density at radius 3 is 2.38 bits per heavy atom. The fraction of sp³-hybridized carbons (Fsp3) is 0.714. The Morgan fingerprint density at radius 1 is 1.54 bits per heavy atom. The molecule has 6 heteroatoms. The fourth-order valence-electron chi connectivity index (χ4n) is 0.731. The van der Waals surface area contributed by atoms with E-state index in [4.69, 9.17) is 15.9 Å². The fourth-order valence-corrected chi connectivity index (χ4v) is 0.731. The van der Waals surface area contributed by atoms with E-state index in [0.717, 1.165) is 0 Å². The van der Waals surface area contributed by atoms with Gasteiger partial charge >= 0.3 is 5.97 Å². The molecule has 0 aliphatic rings. The quantitative estimate of drug-likeness (QED) is 0.412. The van der Waals surface area contributed by atoms with E-state index < -0.39 is 24.5 Å². The summed E-state index contributed by atoms with van der Waals surface area (Å²) >= 11 is 0. The first kappa shape index (κ1) is 11.9. The first-order valence-electron chi connectivity index (χ1n) is 3.86. The molecule has 0 rings (SSSR count). The van der Waals surface area contributed by atoms with Gasteiger partial charge in [-0.05, 0) is 6.92 Å². The molecule has 0 spiro atoms. The predicted molar refractivity (Wildman–Crippen MR) is 44.9 cm³/mol. The second-order valence-electron chi connectivity index (χ2n) is 2.82. The maximum absolute atomic E-state index is 11.0. The van der Waals surface area contributed by atoms with E-state index in [1.54, 1.807) is 6.92 Å². The Labute approximate surface area is 75.7 Å². The number of carbonyl (C=O) groups excluding carboxylic acids is 1. The molecule has 5 N–H and O–H groups in total. The van der Waals surface area contributed by atoms with Crippen LogP contribution in [-0.4, -0.2) is 40.8 Å². The van der Waals surface area contributed by atoms with Crippen molar-refractivity contribution in [1.29, 1.82) is 0 Å². The van der Waals surface area contributed by atoms with E-state index in [1.807, 2.05) is 0 Å². The third-order valence-electron chi connectivity index (χ3n) is 1.32. The van der Waals surface area contributed by atoms with Gasteiger partial charge in [-0.1, -0.05) is 0 Å². The van der Waals surface area contributed by atoms with E-state index in [2.05, 4.69) is 5.32 Å². The first-order valence-corrected chi connectivity index (χ1v) is 3.86. The normalized spacial score (nSPS) is 14.7. The number of carboxylic acids is 1. The van der Waals surface area contributed by atoms with E-state index >= 15 is 0 Å². The van der Waals surface area contributed by atoms with Gasteiger partial charge in [0.15, 0.2) is 0 Å². The van der Waals surface area contributed by atoms with E-state index in [0.29, 0.717) is 0 Å². The molecule has 0 aromatic carbocycles. The van der Waals surface area contributed by atoms with Crippen LogP contribution in [0.5, 0.6) is 0 Å². The summed E-state index contributed by atoms with van der Waals surface area (Å²) in [4.78, 5) is 21.3. The number of hydrogen-bond donors (Lipinski definition) is 4. The Morgan fingerprint density at radius 2 is 2.08 bits per heavy atom. The maximum Gasteiger partial charge on any atom is 0.328 e. The van der Waals surface area contributed by atoms with Gasteiger partial charge in [-0.25, -0.2) is 4.79 Å². The highest BCUT2D eigenvalue weighted by atomic mass is 16.4. The molecular formula is C7H14N2O4. The van der Waals surface area contributed by atoms with Gasteiger partial charge in [0.2, 0.25) is 5.91 Å². The van der Waals surface area contributed by atoms with Crippen LogP contribution in [-0.2, 0) is 9.59 Å². The van der Waals surface area contributed by atoms with Gasteiger partial charge in [0.05, 0.1) is 6.61 Å². The number of nitrogens with one attached hydrogen (secondary N) is 1. The summed E-state index contributed by atoms with van der Waals surface area (Å²) in [5, 5.41) is 19.1. The summed E-state index contributed by atoms with van der Waals surface area (Å²) < 4.78 is 0. The monoisotopic (exact) mass is 190 g/mol. The molecule has 0 saturated carbocycles. The van der Waals surface area contributed by atoms with Crippen LogP contribution in [0.2, 0.25) is 0 Å². The van der Waals surface area contributed by atoms with Crippen molar-refractivity contribution in [3.8, 4) is 0 Å². The molecule has 76 valence electrons. The highest BCUT2D eigenvalue weighted by molar-refractivity contribution is 5.83. The summed E-state index contributed by atoms with van der Waals surface area (Å²) in [6.07, 6.45) is 0.0454. The number of amides is 1. The van der Waals surface area contributed by atoms with Crippen LogP contribution in [0.4, 0.5) is 0 Å². The van der Waals surface area contributed by atoms with Gasteiger partial charge in [-0.2, -0.15) is 0 Å². The van der Waals surface area contributed by atoms with Crippen LogP contribution < -0.4 is 11.1 Å². The molecule has 1 amide bonds. The zero-order valence-corrected chi connectivity index (χ0v) is 7.36. The minimum atomic E-state index is -1.26. The largest absolute Gasteiger partial charge is 0.480 e. The molecule has 0 saturated heterocycles. The van der Waals surface area contributed by atoms with Gasteiger partial charge in [0.25, 0.3) is 0 Å². The SMILES string of the molecule is CC(N)CC(=O)NC(CO)C(=O)O. The minimum absolute atomic E-state index is 0.0454. The van der Waals surface area contributed by atoms with Crippen molar-refractivity contribution in [1.82, 2.24) is 5.32 Å². The van der Waals surface area contributed by atoms with Crippen LogP contribution in [0.15, 0.2) is 0 Å². The molecule has 2 atom stereocenters. The average Bonchev–Trinajstić information content (AvgIpc) is 1.98. The molecule has 0 heterocycles. The molecular weight excluding hydrogens is 176 g/mol. The third-order valence-corrected chi connectivity index (χ3v) is 1.32. The van der Waals surface area contributed by atoms with Gasteiger partial charge in [-0.3, -0.25) is 4.79 Å². The lowest BCUT2D eigenvalue weighted by molar-refractivity contribution is -0.143. The number of aliphatic carboxylic acids is 1. The van der Waals surface area contributed by atoms with E-state index in [1.165, 1.54) is 0 Å². The first-order chi connectivity index (χ1) is 5.97. The highest BCUT2D eigenvalue weighted by Crippen LogP contribution is 1.89. The van der Waals surface area contributed by atoms with Crippen LogP contribution in [0, 0.1) is 0 Å². The van der Waals surface area contributed by atoms with Gasteiger partial charge in [0, 0.05) is 12.5 Å². The van der Waals surface area contributed by atoms with Crippen molar-refractivity contribution < 1.29 is 19.8 Å². The molecule has 0 bridgehead atoms. The Bertz CT molecular complexity index is 193. The number of rotatable bonds is 5. The van der Waals surface area contributed by atoms with Crippen molar-refractivity contribution >= 4 is 11.9 Å². The third kappa shape index (κ3) is 5.15. The molecule has 0 aromatic heterocycles. The Hall–Kier alpha value is -1.14. The molecule has 0 fully saturated rings. The second-order valence-corrected chi connectivity index (χ2v) is 2.82. The van der Waals surface area contributed by atoms with Crippen LogP contribution >= 0.6 is 0 Å². The van der Waals surface area contributed by atoms with Crippen molar-refractivity contribution in [3.63, 3.8) is 0 Å². The highest BCUT2D eigenvalue weighted by Gasteiger charge is 2.18. The van der Waals surface area contributed by atoms with Crippen LogP contribution in [0.25, 0.3) is 0 Å².